The van der Waals surface area contributed by atoms with Crippen molar-refractivity contribution in [1.82, 2.24) is 4.98 Å². The molecule has 94 valence electrons. The number of anilines is 1. The molecule has 0 amide bonds. The third-order valence-electron chi connectivity index (χ3n) is 2.28. The molecule has 0 aliphatic heterocycles. The molecule has 0 saturated carbocycles. The molecule has 6 heteroatoms. The number of aromatic nitrogens is 1. The Morgan fingerprint density at radius 3 is 2.67 bits per heavy atom. The van der Waals surface area contributed by atoms with Gasteiger partial charge in [0.15, 0.2) is 0 Å². The Balaban J connectivity index is 2.24. The molecule has 1 atom stereocenters. The van der Waals surface area contributed by atoms with Gasteiger partial charge in [-0.1, -0.05) is 15.9 Å². The van der Waals surface area contributed by atoms with Crippen LogP contribution in [0.5, 0.6) is 0 Å². The van der Waals surface area contributed by atoms with E-state index in [2.05, 4.69) is 36.8 Å². The van der Waals surface area contributed by atoms with Gasteiger partial charge in [-0.25, -0.2) is 0 Å². The number of halogens is 2. The highest BCUT2D eigenvalue weighted by atomic mass is 79.9. The van der Waals surface area contributed by atoms with Crippen LogP contribution in [0.3, 0.4) is 0 Å². The molecule has 2 aromatic rings. The zero-order valence-electron chi connectivity index (χ0n) is 9.27. The first-order valence-corrected chi connectivity index (χ1v) is 7.99. The third-order valence-corrected chi connectivity index (χ3v) is 4.65. The summed E-state index contributed by atoms with van der Waals surface area (Å²) in [5.74, 6) is 0.396. The van der Waals surface area contributed by atoms with Crippen LogP contribution >= 0.6 is 31.9 Å². The summed E-state index contributed by atoms with van der Waals surface area (Å²) < 4.78 is 14.0. The summed E-state index contributed by atoms with van der Waals surface area (Å²) >= 11 is 6.69. The molecule has 1 aromatic heterocycles. The summed E-state index contributed by atoms with van der Waals surface area (Å²) in [6, 6.07) is 7.27. The maximum absolute atomic E-state index is 12.3. The van der Waals surface area contributed by atoms with Gasteiger partial charge in [0, 0.05) is 27.0 Å². The molecule has 1 unspecified atom stereocenters. The molecule has 0 spiro atoms. The van der Waals surface area contributed by atoms with Crippen molar-refractivity contribution in [2.45, 2.75) is 10.6 Å². The molecule has 2 rings (SSSR count). The predicted molar refractivity (Wildman–Crippen MR) is 80.6 cm³/mol. The lowest BCUT2D eigenvalue weighted by molar-refractivity contribution is 0.683. The molecular weight excluding hydrogens is 380 g/mol. The monoisotopic (exact) mass is 388 g/mol. The van der Waals surface area contributed by atoms with Gasteiger partial charge in [0.1, 0.15) is 0 Å². The fourth-order valence-corrected chi connectivity index (χ4v) is 3.60. The normalized spacial score (nSPS) is 12.3. The number of hydrogen-bond donors (Lipinski definition) is 1. The minimum Gasteiger partial charge on any atom is -0.398 e. The number of nitrogens with zero attached hydrogens (tertiary/aromatic N) is 1. The standard InChI is InChI=1S/C12H10Br2N2OS/c13-9-1-2-11(15)12(4-9)18(17)7-8-3-10(14)6-16-5-8/h1-6H,7,15H2. The quantitative estimate of drug-likeness (QED) is 0.817. The topological polar surface area (TPSA) is 56.0 Å². The van der Waals surface area contributed by atoms with Crippen LogP contribution < -0.4 is 5.73 Å². The second-order valence-corrected chi connectivity index (χ2v) is 6.93. The van der Waals surface area contributed by atoms with Crippen LogP contribution in [-0.4, -0.2) is 9.19 Å². The Hall–Kier alpha value is -0.720. The molecule has 0 bridgehead atoms. The third kappa shape index (κ3) is 3.40. The van der Waals surface area contributed by atoms with E-state index in [4.69, 9.17) is 5.73 Å². The summed E-state index contributed by atoms with van der Waals surface area (Å²) in [6.45, 7) is 0. The first-order chi connectivity index (χ1) is 8.56. The summed E-state index contributed by atoms with van der Waals surface area (Å²) in [4.78, 5) is 4.69. The van der Waals surface area contributed by atoms with Gasteiger partial charge in [-0.15, -0.1) is 0 Å². The van der Waals surface area contributed by atoms with Gasteiger partial charge < -0.3 is 5.73 Å². The van der Waals surface area contributed by atoms with Crippen LogP contribution in [0.15, 0.2) is 50.5 Å². The van der Waals surface area contributed by atoms with Gasteiger partial charge in [-0.3, -0.25) is 9.19 Å². The van der Waals surface area contributed by atoms with Crippen LogP contribution in [0.2, 0.25) is 0 Å². The van der Waals surface area contributed by atoms with Crippen molar-refractivity contribution in [2.24, 2.45) is 0 Å². The fourth-order valence-electron chi connectivity index (χ4n) is 1.47. The Labute approximate surface area is 125 Å². The summed E-state index contributed by atoms with van der Waals surface area (Å²) in [6.07, 6.45) is 3.40. The number of nitrogens with two attached hydrogens (primary N) is 1. The number of benzene rings is 1. The molecule has 1 aromatic carbocycles. The smallest absolute Gasteiger partial charge is 0.0632 e. The molecule has 0 aliphatic rings. The zero-order chi connectivity index (χ0) is 13.1. The number of rotatable bonds is 3. The van der Waals surface area contributed by atoms with Gasteiger partial charge in [0.25, 0.3) is 0 Å². The SMILES string of the molecule is Nc1ccc(Br)cc1S(=O)Cc1cncc(Br)c1. The lowest BCUT2D eigenvalue weighted by Gasteiger charge is -2.06. The highest BCUT2D eigenvalue weighted by molar-refractivity contribution is 9.10. The number of pyridine rings is 1. The van der Waals surface area contributed by atoms with Crippen molar-refractivity contribution >= 4 is 48.3 Å². The molecule has 3 nitrogen and oxygen atoms in total. The van der Waals surface area contributed by atoms with Gasteiger partial charge in [-0.05, 0) is 45.8 Å². The van der Waals surface area contributed by atoms with Crippen LogP contribution in [-0.2, 0) is 16.6 Å². The van der Waals surface area contributed by atoms with E-state index in [1.807, 2.05) is 12.1 Å². The van der Waals surface area contributed by atoms with Crippen molar-refractivity contribution < 1.29 is 4.21 Å². The molecule has 0 saturated heterocycles. The van der Waals surface area contributed by atoms with Crippen molar-refractivity contribution in [1.29, 1.82) is 0 Å². The first kappa shape index (κ1) is 13.7. The Morgan fingerprint density at radius 2 is 1.94 bits per heavy atom. The van der Waals surface area contributed by atoms with E-state index in [0.717, 1.165) is 14.5 Å². The van der Waals surface area contributed by atoms with E-state index in [9.17, 15) is 4.21 Å². The minimum atomic E-state index is -1.18. The maximum atomic E-state index is 12.3. The lowest BCUT2D eigenvalue weighted by Crippen LogP contribution is -2.01. The van der Waals surface area contributed by atoms with Crippen molar-refractivity contribution in [3.8, 4) is 0 Å². The van der Waals surface area contributed by atoms with Crippen LogP contribution in [0.4, 0.5) is 5.69 Å². The molecule has 0 radical (unpaired) electrons. The van der Waals surface area contributed by atoms with E-state index in [1.54, 1.807) is 24.5 Å². The van der Waals surface area contributed by atoms with E-state index < -0.39 is 10.8 Å². The second-order valence-electron chi connectivity index (χ2n) is 3.68. The maximum Gasteiger partial charge on any atom is 0.0632 e. The lowest BCUT2D eigenvalue weighted by atomic mass is 10.3. The van der Waals surface area contributed by atoms with Gasteiger partial charge in [0.05, 0.1) is 21.4 Å². The summed E-state index contributed by atoms with van der Waals surface area (Å²) in [7, 11) is -1.18. The summed E-state index contributed by atoms with van der Waals surface area (Å²) in [5, 5.41) is 0. The van der Waals surface area contributed by atoms with Crippen molar-refractivity contribution in [2.75, 3.05) is 5.73 Å². The minimum absolute atomic E-state index is 0.396. The highest BCUT2D eigenvalue weighted by Gasteiger charge is 2.10. The average Bonchev–Trinajstić information content (AvgIpc) is 2.32. The molecule has 2 N–H and O–H groups in total. The Bertz CT molecular complexity index is 604. The van der Waals surface area contributed by atoms with E-state index in [-0.39, 0.29) is 0 Å². The zero-order valence-corrected chi connectivity index (χ0v) is 13.3. The number of nitrogen functional groups attached to an aromatic ring is 1. The van der Waals surface area contributed by atoms with Gasteiger partial charge in [-0.2, -0.15) is 0 Å². The molecule has 0 fully saturated rings. The van der Waals surface area contributed by atoms with Gasteiger partial charge >= 0.3 is 0 Å². The summed E-state index contributed by atoms with van der Waals surface area (Å²) in [5.41, 5.74) is 7.28. The van der Waals surface area contributed by atoms with E-state index >= 15 is 0 Å². The highest BCUT2D eigenvalue weighted by Crippen LogP contribution is 2.24. The number of hydrogen-bond acceptors (Lipinski definition) is 3. The largest absolute Gasteiger partial charge is 0.398 e. The fraction of sp³-hybridized carbons (Fsp3) is 0.0833. The second kappa shape index (κ2) is 5.95. The van der Waals surface area contributed by atoms with Crippen molar-refractivity contribution in [3.05, 3.63) is 51.2 Å². The van der Waals surface area contributed by atoms with E-state index in [0.29, 0.717) is 16.3 Å². The Kier molecular flexibility index (Phi) is 4.53. The van der Waals surface area contributed by atoms with Crippen LogP contribution in [0.1, 0.15) is 5.56 Å². The van der Waals surface area contributed by atoms with Crippen LogP contribution in [0, 0.1) is 0 Å². The molecule has 18 heavy (non-hydrogen) atoms. The average molecular weight is 390 g/mol. The first-order valence-electron chi connectivity index (χ1n) is 5.09. The predicted octanol–water partition coefficient (Wildman–Crippen LogP) is 3.50. The van der Waals surface area contributed by atoms with E-state index in [1.165, 1.54) is 0 Å². The molecular formula is C12H10Br2N2OS. The molecule has 0 aliphatic carbocycles. The Morgan fingerprint density at radius 1 is 1.17 bits per heavy atom. The van der Waals surface area contributed by atoms with Crippen LogP contribution in [0.25, 0.3) is 0 Å². The van der Waals surface area contributed by atoms with Crippen molar-refractivity contribution in [3.63, 3.8) is 0 Å². The molecule has 1 heterocycles. The van der Waals surface area contributed by atoms with Gasteiger partial charge in [0.2, 0.25) is 0 Å².